The van der Waals surface area contributed by atoms with Gasteiger partial charge >= 0.3 is 0 Å². The molecule has 0 saturated carbocycles. The zero-order valence-electron chi connectivity index (χ0n) is 38.2. The summed E-state index contributed by atoms with van der Waals surface area (Å²) in [7, 11) is 0. The zero-order chi connectivity index (χ0) is 43.7. The summed E-state index contributed by atoms with van der Waals surface area (Å²) in [5, 5.41) is 54.4. The second-order valence-corrected chi connectivity index (χ2v) is 16.9. The van der Waals surface area contributed by atoms with E-state index in [1.165, 1.54) is 83.5 Å². The van der Waals surface area contributed by atoms with Crippen LogP contribution in [0.1, 0.15) is 200 Å². The fourth-order valence-corrected chi connectivity index (χ4v) is 7.48. The number of carbonyl (C=O) groups is 1. The van der Waals surface area contributed by atoms with Gasteiger partial charge in [-0.25, -0.2) is 0 Å². The molecule has 0 bridgehead atoms. The Kier molecular flexibility index (Phi) is 38.1. The van der Waals surface area contributed by atoms with Gasteiger partial charge < -0.3 is 40.3 Å². The molecule has 0 aliphatic carbocycles. The molecule has 0 aromatic carbocycles. The molecule has 1 saturated heterocycles. The van der Waals surface area contributed by atoms with Crippen LogP contribution in [0.4, 0.5) is 0 Å². The molecule has 0 aromatic rings. The van der Waals surface area contributed by atoms with Crippen molar-refractivity contribution in [3.8, 4) is 0 Å². The molecule has 1 fully saturated rings. The number of hydrogen-bond acceptors (Lipinski definition) is 8. The lowest BCUT2D eigenvalue weighted by Gasteiger charge is -2.40. The van der Waals surface area contributed by atoms with Gasteiger partial charge in [-0.2, -0.15) is 0 Å². The second kappa shape index (κ2) is 40.9. The molecule has 1 rings (SSSR count). The van der Waals surface area contributed by atoms with Crippen LogP contribution in [0.15, 0.2) is 60.8 Å². The molecule has 0 radical (unpaired) electrons. The monoisotopic (exact) mass is 846 g/mol. The second-order valence-electron chi connectivity index (χ2n) is 16.9. The van der Waals surface area contributed by atoms with Crippen molar-refractivity contribution in [3.63, 3.8) is 0 Å². The number of allylic oxidation sites excluding steroid dienone is 10. The van der Waals surface area contributed by atoms with E-state index < -0.39 is 49.5 Å². The minimum absolute atomic E-state index is 0.149. The van der Waals surface area contributed by atoms with Gasteiger partial charge in [-0.3, -0.25) is 4.79 Å². The van der Waals surface area contributed by atoms with Crippen LogP contribution in [0.25, 0.3) is 0 Å². The molecule has 7 unspecified atom stereocenters. The van der Waals surface area contributed by atoms with E-state index in [1.54, 1.807) is 0 Å². The highest BCUT2D eigenvalue weighted by atomic mass is 16.7. The summed E-state index contributed by atoms with van der Waals surface area (Å²) in [4.78, 5) is 13.0. The molecule has 1 heterocycles. The maximum atomic E-state index is 13.0. The molecule has 1 aliphatic heterocycles. The van der Waals surface area contributed by atoms with Crippen LogP contribution < -0.4 is 5.32 Å². The van der Waals surface area contributed by atoms with Gasteiger partial charge in [-0.1, -0.05) is 197 Å². The van der Waals surface area contributed by atoms with Crippen LogP contribution in [0.2, 0.25) is 0 Å². The predicted octanol–water partition coefficient (Wildman–Crippen LogP) is 10.8. The molecule has 348 valence electrons. The summed E-state index contributed by atoms with van der Waals surface area (Å²) in [5.74, 6) is -0.165. The van der Waals surface area contributed by atoms with Crippen molar-refractivity contribution in [2.75, 3.05) is 13.2 Å². The van der Waals surface area contributed by atoms with Gasteiger partial charge in [0.25, 0.3) is 0 Å². The van der Waals surface area contributed by atoms with Gasteiger partial charge in [0.15, 0.2) is 6.29 Å². The Labute approximate surface area is 366 Å². The number of ether oxygens (including phenoxy) is 2. The van der Waals surface area contributed by atoms with Crippen molar-refractivity contribution >= 4 is 5.91 Å². The van der Waals surface area contributed by atoms with E-state index >= 15 is 0 Å². The molecule has 60 heavy (non-hydrogen) atoms. The Balaban J connectivity index is 2.32. The van der Waals surface area contributed by atoms with E-state index in [1.807, 2.05) is 0 Å². The number of aliphatic hydroxyl groups excluding tert-OH is 5. The lowest BCUT2D eigenvalue weighted by molar-refractivity contribution is -0.302. The highest BCUT2D eigenvalue weighted by Gasteiger charge is 2.44. The van der Waals surface area contributed by atoms with E-state index in [0.717, 1.165) is 89.9 Å². The first kappa shape index (κ1) is 55.9. The van der Waals surface area contributed by atoms with Crippen LogP contribution in [0.3, 0.4) is 0 Å². The molecule has 7 atom stereocenters. The maximum Gasteiger partial charge on any atom is 0.220 e. The smallest absolute Gasteiger partial charge is 0.220 e. The Morgan fingerprint density at radius 3 is 1.53 bits per heavy atom. The quantitative estimate of drug-likeness (QED) is 0.0264. The van der Waals surface area contributed by atoms with Crippen molar-refractivity contribution in [1.29, 1.82) is 0 Å². The predicted molar refractivity (Wildman–Crippen MR) is 249 cm³/mol. The molecule has 1 amide bonds. The third kappa shape index (κ3) is 30.8. The summed E-state index contributed by atoms with van der Waals surface area (Å²) in [6.07, 6.45) is 46.5. The van der Waals surface area contributed by atoms with E-state index in [9.17, 15) is 30.3 Å². The summed E-state index contributed by atoms with van der Waals surface area (Å²) in [6.45, 7) is 3.71. The first-order chi connectivity index (χ1) is 29.3. The average Bonchev–Trinajstić information content (AvgIpc) is 3.25. The van der Waals surface area contributed by atoms with Crippen molar-refractivity contribution in [2.45, 2.75) is 243 Å². The molecule has 9 heteroatoms. The number of carbonyl (C=O) groups excluding carboxylic acids is 1. The Bertz CT molecular complexity index is 1120. The van der Waals surface area contributed by atoms with E-state index in [-0.39, 0.29) is 12.5 Å². The third-order valence-electron chi connectivity index (χ3n) is 11.4. The van der Waals surface area contributed by atoms with Gasteiger partial charge in [-0.15, -0.1) is 0 Å². The Morgan fingerprint density at radius 1 is 0.583 bits per heavy atom. The van der Waals surface area contributed by atoms with Crippen LogP contribution in [0, 0.1) is 0 Å². The highest BCUT2D eigenvalue weighted by Crippen LogP contribution is 2.23. The number of rotatable bonds is 40. The van der Waals surface area contributed by atoms with E-state index in [0.29, 0.717) is 12.8 Å². The number of aliphatic hydroxyl groups is 5. The lowest BCUT2D eigenvalue weighted by Crippen LogP contribution is -2.60. The maximum absolute atomic E-state index is 13.0. The minimum Gasteiger partial charge on any atom is -0.394 e. The van der Waals surface area contributed by atoms with Gasteiger partial charge in [0.2, 0.25) is 5.91 Å². The summed E-state index contributed by atoms with van der Waals surface area (Å²) >= 11 is 0. The summed E-state index contributed by atoms with van der Waals surface area (Å²) in [5.41, 5.74) is 0. The van der Waals surface area contributed by atoms with E-state index in [4.69, 9.17) is 9.47 Å². The Morgan fingerprint density at radius 2 is 1.03 bits per heavy atom. The van der Waals surface area contributed by atoms with Crippen molar-refractivity contribution < 1.29 is 39.8 Å². The summed E-state index contributed by atoms with van der Waals surface area (Å²) < 4.78 is 11.3. The topological polar surface area (TPSA) is 149 Å². The van der Waals surface area contributed by atoms with Crippen molar-refractivity contribution in [3.05, 3.63) is 60.8 Å². The fraction of sp³-hybridized carbons (Fsp3) is 0.784. The van der Waals surface area contributed by atoms with Crippen molar-refractivity contribution in [1.82, 2.24) is 5.32 Å². The number of hydrogen-bond donors (Lipinski definition) is 6. The van der Waals surface area contributed by atoms with Crippen molar-refractivity contribution in [2.24, 2.45) is 0 Å². The van der Waals surface area contributed by atoms with Gasteiger partial charge in [0.1, 0.15) is 24.4 Å². The molecule has 6 N–H and O–H groups in total. The first-order valence-corrected chi connectivity index (χ1v) is 24.5. The molecular formula is C51H91NO8. The molecule has 0 spiro atoms. The van der Waals surface area contributed by atoms with Crippen LogP contribution in [-0.4, -0.2) is 87.5 Å². The molecule has 9 nitrogen and oxygen atoms in total. The minimum atomic E-state index is -1.56. The zero-order valence-corrected chi connectivity index (χ0v) is 38.2. The summed E-state index contributed by atoms with van der Waals surface area (Å²) in [6, 6.07) is -0.732. The molecule has 1 aliphatic rings. The molecular weight excluding hydrogens is 755 g/mol. The van der Waals surface area contributed by atoms with Gasteiger partial charge in [-0.05, 0) is 57.8 Å². The van der Waals surface area contributed by atoms with Crippen LogP contribution in [-0.2, 0) is 14.3 Å². The van der Waals surface area contributed by atoms with Gasteiger partial charge in [0.05, 0.1) is 25.4 Å². The normalized spacial score (nSPS) is 21.1. The van der Waals surface area contributed by atoms with E-state index in [2.05, 4.69) is 79.9 Å². The largest absolute Gasteiger partial charge is 0.394 e. The van der Waals surface area contributed by atoms with Gasteiger partial charge in [0, 0.05) is 6.42 Å². The number of unbranched alkanes of at least 4 members (excludes halogenated alkanes) is 20. The lowest BCUT2D eigenvalue weighted by atomic mass is 9.99. The molecule has 0 aromatic heterocycles. The first-order valence-electron chi connectivity index (χ1n) is 24.5. The van der Waals surface area contributed by atoms with Crippen LogP contribution in [0.5, 0.6) is 0 Å². The number of amides is 1. The third-order valence-corrected chi connectivity index (χ3v) is 11.4. The fourth-order valence-electron chi connectivity index (χ4n) is 7.48. The van der Waals surface area contributed by atoms with Crippen LogP contribution >= 0.6 is 0 Å². The number of nitrogens with one attached hydrogen (secondary N) is 1. The SMILES string of the molecule is CC/C=C\C/C=C\C/C=C\C/C=C\C/C=C\CCCCCCCC(=O)NC(COC1OC(CO)C(O)C(O)C1O)C(O)CCCCCCCCCCCCCCCCCC. The standard InChI is InChI=1S/C51H91NO8/c1-3-5-7-9-11-13-15-17-19-21-22-23-24-25-27-29-31-33-35-37-39-41-47(55)52-44(43-59-51-50(58)49(57)48(56)46(42-53)60-51)45(54)40-38-36-34-32-30-28-26-20-18-16-14-12-10-8-6-4-2/h5,7,11,13,17,19,22-23,25,27,44-46,48-51,53-54,56-58H,3-4,6,8-10,12,14-16,18,20-21,24,26,28-43H2,1-2H3,(H,52,55)/b7-5-,13-11-,19-17-,23-22-,27-25-. The Hall–Kier alpha value is -2.11. The average molecular weight is 846 g/mol. The highest BCUT2D eigenvalue weighted by molar-refractivity contribution is 5.76.